The minimum Gasteiger partial charge on any atom is -0.469 e. The third kappa shape index (κ3) is 4.40. The minimum atomic E-state index is -0.736. The number of amides is 1. The van der Waals surface area contributed by atoms with E-state index in [2.05, 4.69) is 5.32 Å². The van der Waals surface area contributed by atoms with Crippen molar-refractivity contribution in [1.29, 1.82) is 0 Å². The zero-order valence-corrected chi connectivity index (χ0v) is 11.6. The first-order valence-corrected chi connectivity index (χ1v) is 6.75. The minimum absolute atomic E-state index is 0.116. The molecule has 1 heterocycles. The molecule has 0 radical (unpaired) electrons. The summed E-state index contributed by atoms with van der Waals surface area (Å²) in [6.45, 7) is 0.179. The number of benzene rings is 1. The maximum atomic E-state index is 11.6. The SMILES string of the molecule is O=C(CCc1ccco1)NCC(O)c1ccc(Cl)cc1. The molecule has 1 unspecified atom stereocenters. The van der Waals surface area contributed by atoms with E-state index in [9.17, 15) is 9.90 Å². The fourth-order valence-electron chi connectivity index (χ4n) is 1.79. The number of carbonyl (C=O) groups excluding carboxylic acids is 1. The number of halogens is 1. The first-order chi connectivity index (χ1) is 9.65. The first kappa shape index (κ1) is 14.6. The number of aryl methyl sites for hydroxylation is 1. The molecule has 1 aromatic heterocycles. The van der Waals surface area contributed by atoms with E-state index in [4.69, 9.17) is 16.0 Å². The average Bonchev–Trinajstić information content (AvgIpc) is 2.96. The highest BCUT2D eigenvalue weighted by atomic mass is 35.5. The van der Waals surface area contributed by atoms with Crippen LogP contribution >= 0.6 is 11.6 Å². The molecule has 2 N–H and O–H groups in total. The maximum Gasteiger partial charge on any atom is 0.220 e. The van der Waals surface area contributed by atoms with E-state index in [0.29, 0.717) is 17.9 Å². The van der Waals surface area contributed by atoms with Crippen molar-refractivity contribution in [3.05, 3.63) is 59.0 Å². The quantitative estimate of drug-likeness (QED) is 0.861. The van der Waals surface area contributed by atoms with Crippen LogP contribution in [0.25, 0.3) is 0 Å². The van der Waals surface area contributed by atoms with Crippen LogP contribution in [0.2, 0.25) is 5.02 Å². The average molecular weight is 294 g/mol. The number of hydrogen-bond donors (Lipinski definition) is 2. The van der Waals surface area contributed by atoms with Gasteiger partial charge in [0.2, 0.25) is 5.91 Å². The predicted octanol–water partition coefficient (Wildman–Crippen LogP) is 2.72. The van der Waals surface area contributed by atoms with Crippen LogP contribution in [-0.2, 0) is 11.2 Å². The Morgan fingerprint density at radius 3 is 2.70 bits per heavy atom. The predicted molar refractivity (Wildman–Crippen MR) is 76.5 cm³/mol. The van der Waals surface area contributed by atoms with Crippen LogP contribution in [0.5, 0.6) is 0 Å². The smallest absolute Gasteiger partial charge is 0.220 e. The Kier molecular flexibility index (Phi) is 5.21. The van der Waals surface area contributed by atoms with E-state index in [1.165, 1.54) is 0 Å². The van der Waals surface area contributed by atoms with Crippen LogP contribution in [0.3, 0.4) is 0 Å². The number of aliphatic hydroxyl groups is 1. The summed E-state index contributed by atoms with van der Waals surface area (Å²) in [4.78, 5) is 11.6. The first-order valence-electron chi connectivity index (χ1n) is 6.38. The molecule has 2 rings (SSSR count). The van der Waals surface area contributed by atoms with Gasteiger partial charge in [0, 0.05) is 24.4 Å². The van der Waals surface area contributed by atoms with Crippen LogP contribution < -0.4 is 5.32 Å². The van der Waals surface area contributed by atoms with Gasteiger partial charge < -0.3 is 14.8 Å². The van der Waals surface area contributed by atoms with Crippen molar-refractivity contribution in [3.8, 4) is 0 Å². The Morgan fingerprint density at radius 2 is 2.05 bits per heavy atom. The molecule has 20 heavy (non-hydrogen) atoms. The largest absolute Gasteiger partial charge is 0.469 e. The van der Waals surface area contributed by atoms with Gasteiger partial charge in [-0.1, -0.05) is 23.7 Å². The lowest BCUT2D eigenvalue weighted by Gasteiger charge is -2.12. The standard InChI is InChI=1S/C15H16ClNO3/c16-12-5-3-11(4-6-12)14(18)10-17-15(19)8-7-13-2-1-9-20-13/h1-6,9,14,18H,7-8,10H2,(H,17,19). The van der Waals surface area contributed by atoms with Gasteiger partial charge in [0.15, 0.2) is 0 Å². The van der Waals surface area contributed by atoms with Gasteiger partial charge in [0.1, 0.15) is 5.76 Å². The van der Waals surface area contributed by atoms with Crippen LogP contribution in [0.4, 0.5) is 0 Å². The van der Waals surface area contributed by atoms with Gasteiger partial charge in [-0.15, -0.1) is 0 Å². The summed E-state index contributed by atoms with van der Waals surface area (Å²) in [6, 6.07) is 10.5. The third-order valence-electron chi connectivity index (χ3n) is 2.93. The van der Waals surface area contributed by atoms with Crippen LogP contribution in [0.1, 0.15) is 23.8 Å². The molecule has 1 aromatic carbocycles. The summed E-state index contributed by atoms with van der Waals surface area (Å²) >= 11 is 5.77. The third-order valence-corrected chi connectivity index (χ3v) is 3.18. The molecule has 1 atom stereocenters. The van der Waals surface area contributed by atoms with Gasteiger partial charge in [-0.25, -0.2) is 0 Å². The molecule has 106 valence electrons. The lowest BCUT2D eigenvalue weighted by molar-refractivity contribution is -0.121. The van der Waals surface area contributed by atoms with E-state index < -0.39 is 6.10 Å². The second-order valence-corrected chi connectivity index (χ2v) is 4.89. The molecule has 5 heteroatoms. The highest BCUT2D eigenvalue weighted by Gasteiger charge is 2.10. The number of carbonyl (C=O) groups is 1. The fraction of sp³-hybridized carbons (Fsp3) is 0.267. The second kappa shape index (κ2) is 7.12. The molecule has 0 aliphatic heterocycles. The van der Waals surface area contributed by atoms with Crippen molar-refractivity contribution in [1.82, 2.24) is 5.32 Å². The normalized spacial score (nSPS) is 12.1. The number of nitrogens with one attached hydrogen (secondary N) is 1. The van der Waals surface area contributed by atoms with Gasteiger partial charge in [0.05, 0.1) is 12.4 Å². The number of aliphatic hydroxyl groups excluding tert-OH is 1. The van der Waals surface area contributed by atoms with Crippen molar-refractivity contribution < 1.29 is 14.3 Å². The summed E-state index contributed by atoms with van der Waals surface area (Å²) in [6.07, 6.45) is 1.73. The Bertz CT molecular complexity index is 537. The lowest BCUT2D eigenvalue weighted by atomic mass is 10.1. The summed E-state index contributed by atoms with van der Waals surface area (Å²) in [7, 11) is 0. The Morgan fingerprint density at radius 1 is 1.30 bits per heavy atom. The molecule has 4 nitrogen and oxygen atoms in total. The molecule has 0 spiro atoms. The molecular formula is C15H16ClNO3. The molecule has 1 amide bonds. The lowest BCUT2D eigenvalue weighted by Crippen LogP contribution is -2.28. The molecule has 0 aliphatic carbocycles. The molecule has 0 saturated heterocycles. The van der Waals surface area contributed by atoms with Crippen molar-refractivity contribution in [2.75, 3.05) is 6.54 Å². The Balaban J connectivity index is 1.73. The maximum absolute atomic E-state index is 11.6. The highest BCUT2D eigenvalue weighted by Crippen LogP contribution is 2.15. The molecule has 0 saturated carbocycles. The van der Waals surface area contributed by atoms with Crippen molar-refractivity contribution in [2.24, 2.45) is 0 Å². The van der Waals surface area contributed by atoms with E-state index in [1.807, 2.05) is 6.07 Å². The molecule has 0 bridgehead atoms. The summed E-state index contributed by atoms with van der Waals surface area (Å²) in [5.41, 5.74) is 0.723. The zero-order valence-electron chi connectivity index (χ0n) is 10.9. The van der Waals surface area contributed by atoms with E-state index >= 15 is 0 Å². The van der Waals surface area contributed by atoms with Gasteiger partial charge in [0.25, 0.3) is 0 Å². The van der Waals surface area contributed by atoms with Gasteiger partial charge in [-0.2, -0.15) is 0 Å². The van der Waals surface area contributed by atoms with Gasteiger partial charge in [-0.05, 0) is 29.8 Å². The molecular weight excluding hydrogens is 278 g/mol. The van der Waals surface area contributed by atoms with E-state index in [1.54, 1.807) is 36.6 Å². The van der Waals surface area contributed by atoms with Crippen LogP contribution in [-0.4, -0.2) is 17.6 Å². The Hall–Kier alpha value is -1.78. The monoisotopic (exact) mass is 293 g/mol. The fourth-order valence-corrected chi connectivity index (χ4v) is 1.92. The highest BCUT2D eigenvalue weighted by molar-refractivity contribution is 6.30. The van der Waals surface area contributed by atoms with E-state index in [0.717, 1.165) is 11.3 Å². The summed E-state index contributed by atoms with van der Waals surface area (Å²) in [5.74, 6) is 0.660. The van der Waals surface area contributed by atoms with Crippen molar-refractivity contribution >= 4 is 17.5 Å². The van der Waals surface area contributed by atoms with Gasteiger partial charge in [-0.3, -0.25) is 4.79 Å². The summed E-state index contributed by atoms with van der Waals surface area (Å²) < 4.78 is 5.15. The molecule has 0 aliphatic rings. The Labute approximate surface area is 122 Å². The number of furan rings is 1. The van der Waals surface area contributed by atoms with Crippen LogP contribution in [0.15, 0.2) is 47.1 Å². The zero-order chi connectivity index (χ0) is 14.4. The van der Waals surface area contributed by atoms with Gasteiger partial charge >= 0.3 is 0 Å². The van der Waals surface area contributed by atoms with Crippen molar-refractivity contribution in [2.45, 2.75) is 18.9 Å². The van der Waals surface area contributed by atoms with Crippen LogP contribution in [0, 0.1) is 0 Å². The second-order valence-electron chi connectivity index (χ2n) is 4.45. The van der Waals surface area contributed by atoms with Crippen molar-refractivity contribution in [3.63, 3.8) is 0 Å². The summed E-state index contributed by atoms with van der Waals surface area (Å²) in [5, 5.41) is 13.2. The van der Waals surface area contributed by atoms with E-state index in [-0.39, 0.29) is 12.5 Å². The topological polar surface area (TPSA) is 62.5 Å². The molecule has 2 aromatic rings. The number of hydrogen-bond acceptors (Lipinski definition) is 3. The molecule has 0 fully saturated rings. The number of rotatable bonds is 6.